The van der Waals surface area contributed by atoms with E-state index in [9.17, 15) is 9.50 Å². The first kappa shape index (κ1) is 14.3. The summed E-state index contributed by atoms with van der Waals surface area (Å²) in [6.45, 7) is 4.10. The number of aliphatic hydroxyl groups is 1. The molecular weight excluding hydrogens is 245 g/mol. The van der Waals surface area contributed by atoms with Crippen LogP contribution in [0.2, 0.25) is 0 Å². The fraction of sp³-hybridized carbons (Fsp3) is 0.600. The third-order valence-corrected chi connectivity index (χ3v) is 3.74. The van der Waals surface area contributed by atoms with Crippen molar-refractivity contribution in [1.29, 1.82) is 0 Å². The second-order valence-electron chi connectivity index (χ2n) is 5.32. The van der Waals surface area contributed by atoms with Gasteiger partial charge in [0.2, 0.25) is 0 Å². The minimum atomic E-state index is -0.635. The Kier molecular flexibility index (Phi) is 4.77. The van der Waals surface area contributed by atoms with Crippen LogP contribution in [0.4, 0.5) is 10.1 Å². The second-order valence-corrected chi connectivity index (χ2v) is 5.32. The maximum absolute atomic E-state index is 14.0. The largest absolute Gasteiger partial charge is 0.389 e. The third-order valence-electron chi connectivity index (χ3n) is 3.74. The summed E-state index contributed by atoms with van der Waals surface area (Å²) >= 11 is 0. The summed E-state index contributed by atoms with van der Waals surface area (Å²) in [5.74, 6) is 0.294. The van der Waals surface area contributed by atoms with Crippen molar-refractivity contribution in [2.45, 2.75) is 25.9 Å². The van der Waals surface area contributed by atoms with Gasteiger partial charge in [-0.05, 0) is 43.4 Å². The standard InChI is InChI=1S/C15H22FNO2/c1-11(18)13-3-4-15(14(16)9-13)17(2)10-12-5-7-19-8-6-12/h3-4,9,11-12,18H,5-8,10H2,1-2H3/t11-/m1/s1. The molecule has 1 saturated heterocycles. The van der Waals surface area contributed by atoms with E-state index in [-0.39, 0.29) is 5.82 Å². The molecule has 0 bridgehead atoms. The molecule has 1 fully saturated rings. The molecule has 0 aliphatic carbocycles. The van der Waals surface area contributed by atoms with Crippen molar-refractivity contribution >= 4 is 5.69 Å². The molecule has 0 unspecified atom stereocenters. The van der Waals surface area contributed by atoms with E-state index in [2.05, 4.69) is 0 Å². The van der Waals surface area contributed by atoms with Crippen LogP contribution < -0.4 is 4.90 Å². The molecule has 1 aliphatic rings. The number of halogens is 1. The van der Waals surface area contributed by atoms with Gasteiger partial charge in [0.05, 0.1) is 11.8 Å². The Balaban J connectivity index is 2.03. The topological polar surface area (TPSA) is 32.7 Å². The normalized spacial score (nSPS) is 18.3. The molecule has 106 valence electrons. The van der Waals surface area contributed by atoms with Gasteiger partial charge >= 0.3 is 0 Å². The molecule has 1 aromatic carbocycles. The van der Waals surface area contributed by atoms with Crippen LogP contribution in [0, 0.1) is 11.7 Å². The second kappa shape index (κ2) is 6.35. The summed E-state index contributed by atoms with van der Waals surface area (Å²) in [7, 11) is 1.91. The molecular formula is C15H22FNO2. The summed E-state index contributed by atoms with van der Waals surface area (Å²) in [6, 6.07) is 4.95. The lowest BCUT2D eigenvalue weighted by Gasteiger charge is -2.28. The van der Waals surface area contributed by atoms with Gasteiger partial charge in [-0.15, -0.1) is 0 Å². The van der Waals surface area contributed by atoms with Crippen molar-refractivity contribution < 1.29 is 14.2 Å². The summed E-state index contributed by atoms with van der Waals surface area (Å²) in [4.78, 5) is 1.96. The van der Waals surface area contributed by atoms with Gasteiger partial charge in [-0.2, -0.15) is 0 Å². The van der Waals surface area contributed by atoms with Crippen LogP contribution in [-0.2, 0) is 4.74 Å². The van der Waals surface area contributed by atoms with Crippen LogP contribution in [-0.4, -0.2) is 31.9 Å². The smallest absolute Gasteiger partial charge is 0.146 e. The average Bonchev–Trinajstić information content (AvgIpc) is 2.39. The number of benzene rings is 1. The molecule has 2 rings (SSSR count). The van der Waals surface area contributed by atoms with Crippen molar-refractivity contribution in [1.82, 2.24) is 0 Å². The maximum atomic E-state index is 14.0. The number of rotatable bonds is 4. The first-order chi connectivity index (χ1) is 9.08. The Bertz CT molecular complexity index is 417. The van der Waals surface area contributed by atoms with E-state index < -0.39 is 6.10 Å². The fourth-order valence-electron chi connectivity index (χ4n) is 2.51. The van der Waals surface area contributed by atoms with Gasteiger partial charge in [0, 0.05) is 26.8 Å². The van der Waals surface area contributed by atoms with E-state index in [1.165, 1.54) is 6.07 Å². The number of nitrogens with zero attached hydrogens (tertiary/aromatic N) is 1. The number of anilines is 1. The SMILES string of the molecule is C[C@@H](O)c1ccc(N(C)CC2CCOCC2)c(F)c1. The first-order valence-electron chi connectivity index (χ1n) is 6.84. The van der Waals surface area contributed by atoms with Gasteiger partial charge in [-0.3, -0.25) is 0 Å². The van der Waals surface area contributed by atoms with Crippen molar-refractivity contribution in [2.24, 2.45) is 5.92 Å². The molecule has 0 amide bonds. The van der Waals surface area contributed by atoms with E-state index >= 15 is 0 Å². The summed E-state index contributed by atoms with van der Waals surface area (Å²) in [5, 5.41) is 9.44. The van der Waals surface area contributed by atoms with Crippen molar-refractivity contribution in [3.05, 3.63) is 29.6 Å². The Labute approximate surface area is 114 Å². The highest BCUT2D eigenvalue weighted by Gasteiger charge is 2.18. The van der Waals surface area contributed by atoms with E-state index in [4.69, 9.17) is 4.74 Å². The highest BCUT2D eigenvalue weighted by molar-refractivity contribution is 5.48. The highest BCUT2D eigenvalue weighted by atomic mass is 19.1. The van der Waals surface area contributed by atoms with Gasteiger partial charge in [-0.1, -0.05) is 6.07 Å². The van der Waals surface area contributed by atoms with Crippen LogP contribution in [0.3, 0.4) is 0 Å². The molecule has 19 heavy (non-hydrogen) atoms. The monoisotopic (exact) mass is 267 g/mol. The quantitative estimate of drug-likeness (QED) is 0.910. The number of hydrogen-bond acceptors (Lipinski definition) is 3. The van der Waals surface area contributed by atoms with Gasteiger partial charge in [0.25, 0.3) is 0 Å². The summed E-state index contributed by atoms with van der Waals surface area (Å²) in [5.41, 5.74) is 1.21. The molecule has 1 aromatic rings. The van der Waals surface area contributed by atoms with Crippen LogP contribution in [0.25, 0.3) is 0 Å². The predicted molar refractivity (Wildman–Crippen MR) is 73.8 cm³/mol. The van der Waals surface area contributed by atoms with Crippen LogP contribution in [0.15, 0.2) is 18.2 Å². The van der Waals surface area contributed by atoms with E-state index in [0.717, 1.165) is 32.6 Å². The number of aliphatic hydroxyl groups excluding tert-OH is 1. The van der Waals surface area contributed by atoms with Gasteiger partial charge in [0.1, 0.15) is 5.82 Å². The van der Waals surface area contributed by atoms with Crippen molar-refractivity contribution in [3.63, 3.8) is 0 Å². The summed E-state index contributed by atoms with van der Waals surface area (Å²) in [6.07, 6.45) is 1.44. The number of ether oxygens (including phenoxy) is 1. The van der Waals surface area contributed by atoms with E-state index in [0.29, 0.717) is 17.2 Å². The zero-order valence-electron chi connectivity index (χ0n) is 11.6. The highest BCUT2D eigenvalue weighted by Crippen LogP contribution is 2.25. The van der Waals surface area contributed by atoms with Crippen LogP contribution in [0.1, 0.15) is 31.4 Å². The van der Waals surface area contributed by atoms with Crippen molar-refractivity contribution in [3.8, 4) is 0 Å². The minimum Gasteiger partial charge on any atom is -0.389 e. The Morgan fingerprint density at radius 1 is 1.42 bits per heavy atom. The molecule has 1 atom stereocenters. The maximum Gasteiger partial charge on any atom is 0.146 e. The predicted octanol–water partition coefficient (Wildman–Crippen LogP) is 2.74. The Morgan fingerprint density at radius 2 is 2.11 bits per heavy atom. The van der Waals surface area contributed by atoms with Crippen LogP contribution in [0.5, 0.6) is 0 Å². The van der Waals surface area contributed by atoms with Gasteiger partial charge in [0.15, 0.2) is 0 Å². The zero-order chi connectivity index (χ0) is 13.8. The molecule has 3 nitrogen and oxygen atoms in total. The minimum absolute atomic E-state index is 0.270. The van der Waals surface area contributed by atoms with Crippen LogP contribution >= 0.6 is 0 Å². The number of hydrogen-bond donors (Lipinski definition) is 1. The van der Waals surface area contributed by atoms with Gasteiger partial charge in [-0.25, -0.2) is 4.39 Å². The third kappa shape index (κ3) is 3.67. The molecule has 1 aliphatic heterocycles. The lowest BCUT2D eigenvalue weighted by Crippen LogP contribution is -2.30. The van der Waals surface area contributed by atoms with Crippen molar-refractivity contribution in [2.75, 3.05) is 31.7 Å². The van der Waals surface area contributed by atoms with E-state index in [1.807, 2.05) is 11.9 Å². The molecule has 0 aromatic heterocycles. The lowest BCUT2D eigenvalue weighted by molar-refractivity contribution is 0.0685. The molecule has 4 heteroatoms. The van der Waals surface area contributed by atoms with E-state index in [1.54, 1.807) is 19.1 Å². The first-order valence-corrected chi connectivity index (χ1v) is 6.84. The zero-order valence-corrected chi connectivity index (χ0v) is 11.6. The lowest BCUT2D eigenvalue weighted by atomic mass is 9.99. The fourth-order valence-corrected chi connectivity index (χ4v) is 2.51. The molecule has 1 heterocycles. The van der Waals surface area contributed by atoms with Gasteiger partial charge < -0.3 is 14.7 Å². The molecule has 0 radical (unpaired) electrons. The molecule has 0 spiro atoms. The Morgan fingerprint density at radius 3 is 2.68 bits per heavy atom. The molecule has 1 N–H and O–H groups in total. The average molecular weight is 267 g/mol. The molecule has 0 saturated carbocycles. The summed E-state index contributed by atoms with van der Waals surface area (Å²) < 4.78 is 19.4. The Hall–Kier alpha value is -1.13.